The minimum absolute atomic E-state index is 0.0294. The summed E-state index contributed by atoms with van der Waals surface area (Å²) < 4.78 is 31.0. The van der Waals surface area contributed by atoms with Crippen LogP contribution in [0.15, 0.2) is 61.1 Å². The van der Waals surface area contributed by atoms with Crippen LogP contribution in [0.4, 0.5) is 8.78 Å². The van der Waals surface area contributed by atoms with E-state index in [9.17, 15) is 9.18 Å². The fourth-order valence-electron chi connectivity index (χ4n) is 5.92. The number of hydrogen-bond acceptors (Lipinski definition) is 5. The van der Waals surface area contributed by atoms with Crippen molar-refractivity contribution in [2.45, 2.75) is 44.3 Å². The maximum absolute atomic E-state index is 15.0. The third-order valence-corrected chi connectivity index (χ3v) is 7.67. The van der Waals surface area contributed by atoms with E-state index in [0.717, 1.165) is 30.3 Å². The molecule has 1 aliphatic heterocycles. The molecular weight excluding hydrogens is 488 g/mol. The number of aromatic nitrogens is 6. The number of nitrogens with zero attached hydrogens (tertiary/aromatic N) is 6. The van der Waals surface area contributed by atoms with E-state index >= 15 is 4.39 Å². The molecule has 4 heterocycles. The lowest BCUT2D eigenvalue weighted by Crippen LogP contribution is -2.39. The molecule has 0 bridgehead atoms. The van der Waals surface area contributed by atoms with Crippen molar-refractivity contribution in [3.05, 3.63) is 83.8 Å². The molecular formula is C28H23F2N7O. The average molecular weight is 512 g/mol. The van der Waals surface area contributed by atoms with Crippen LogP contribution in [0.25, 0.3) is 33.9 Å². The second-order valence-corrected chi connectivity index (χ2v) is 9.89. The van der Waals surface area contributed by atoms with Crippen molar-refractivity contribution < 1.29 is 13.6 Å². The molecule has 190 valence electrons. The Balaban J connectivity index is 1.31. The maximum Gasteiger partial charge on any atom is 0.254 e. The lowest BCUT2D eigenvalue weighted by Gasteiger charge is -2.36. The molecule has 1 N–H and O–H groups in total. The number of rotatable bonds is 4. The van der Waals surface area contributed by atoms with Gasteiger partial charge in [0.2, 0.25) is 0 Å². The van der Waals surface area contributed by atoms with E-state index in [-0.39, 0.29) is 29.6 Å². The number of benzene rings is 2. The first-order valence-electron chi connectivity index (χ1n) is 12.6. The van der Waals surface area contributed by atoms with Crippen molar-refractivity contribution in [1.82, 2.24) is 34.6 Å². The van der Waals surface area contributed by atoms with E-state index < -0.39 is 0 Å². The van der Waals surface area contributed by atoms with E-state index in [0.29, 0.717) is 47.0 Å². The van der Waals surface area contributed by atoms with Crippen LogP contribution in [0.3, 0.4) is 0 Å². The predicted octanol–water partition coefficient (Wildman–Crippen LogP) is 5.30. The highest BCUT2D eigenvalue weighted by Crippen LogP contribution is 2.40. The highest BCUT2D eigenvalue weighted by Gasteiger charge is 2.37. The van der Waals surface area contributed by atoms with Gasteiger partial charge < -0.3 is 9.47 Å². The van der Waals surface area contributed by atoms with Crippen LogP contribution >= 0.6 is 0 Å². The van der Waals surface area contributed by atoms with Gasteiger partial charge in [0.25, 0.3) is 5.91 Å². The third kappa shape index (κ3) is 3.67. The lowest BCUT2D eigenvalue weighted by molar-refractivity contribution is 0.0630. The van der Waals surface area contributed by atoms with Gasteiger partial charge in [-0.1, -0.05) is 12.1 Å². The van der Waals surface area contributed by atoms with Crippen molar-refractivity contribution in [2.75, 3.05) is 0 Å². The van der Waals surface area contributed by atoms with Crippen molar-refractivity contribution >= 4 is 16.9 Å². The Hall–Kier alpha value is -4.47. The number of carbonyl (C=O) groups is 1. The Morgan fingerprint density at radius 3 is 2.68 bits per heavy atom. The fourth-order valence-corrected chi connectivity index (χ4v) is 5.92. The number of pyridine rings is 1. The topological polar surface area (TPSA) is 92.6 Å². The second-order valence-electron chi connectivity index (χ2n) is 9.89. The highest BCUT2D eigenvalue weighted by atomic mass is 19.1. The summed E-state index contributed by atoms with van der Waals surface area (Å²) in [6.07, 6.45) is 6.36. The molecule has 1 aliphatic carbocycles. The van der Waals surface area contributed by atoms with Crippen LogP contribution in [0, 0.1) is 11.6 Å². The molecule has 38 heavy (non-hydrogen) atoms. The molecule has 1 saturated carbocycles. The van der Waals surface area contributed by atoms with Crippen LogP contribution in [-0.4, -0.2) is 46.6 Å². The van der Waals surface area contributed by atoms with Crippen LogP contribution in [0.5, 0.6) is 0 Å². The lowest BCUT2D eigenvalue weighted by atomic mass is 9.89. The molecule has 5 aromatic rings. The number of amides is 1. The maximum atomic E-state index is 15.0. The van der Waals surface area contributed by atoms with Crippen LogP contribution < -0.4 is 0 Å². The molecule has 0 saturated heterocycles. The van der Waals surface area contributed by atoms with Crippen molar-refractivity contribution in [3.8, 4) is 22.9 Å². The summed E-state index contributed by atoms with van der Waals surface area (Å²) in [5, 5.41) is 6.77. The van der Waals surface area contributed by atoms with Gasteiger partial charge in [-0.3, -0.25) is 14.9 Å². The smallest absolute Gasteiger partial charge is 0.254 e. The summed E-state index contributed by atoms with van der Waals surface area (Å²) in [6, 6.07) is 12.8. The van der Waals surface area contributed by atoms with Crippen LogP contribution in [0.1, 0.15) is 47.6 Å². The fraction of sp³-hybridized carbons (Fsp3) is 0.250. The number of aromatic amines is 1. The average Bonchev–Trinajstić information content (AvgIpc) is 3.66. The summed E-state index contributed by atoms with van der Waals surface area (Å²) in [5.74, 6) is 0.300. The van der Waals surface area contributed by atoms with Gasteiger partial charge >= 0.3 is 0 Å². The van der Waals surface area contributed by atoms with E-state index in [1.807, 2.05) is 11.0 Å². The predicted molar refractivity (Wildman–Crippen MR) is 136 cm³/mol. The molecule has 7 rings (SSSR count). The molecule has 1 amide bonds. The Kier molecular flexibility index (Phi) is 5.27. The first-order chi connectivity index (χ1) is 18.6. The zero-order valence-corrected chi connectivity index (χ0v) is 20.3. The van der Waals surface area contributed by atoms with E-state index in [1.54, 1.807) is 30.5 Å². The van der Waals surface area contributed by atoms with Crippen LogP contribution in [0.2, 0.25) is 0 Å². The Bertz CT molecular complexity index is 1680. The molecule has 2 aliphatic rings. The van der Waals surface area contributed by atoms with Crippen molar-refractivity contribution in [3.63, 3.8) is 0 Å². The first-order valence-corrected chi connectivity index (χ1v) is 12.6. The van der Waals surface area contributed by atoms with Crippen molar-refractivity contribution in [1.29, 1.82) is 0 Å². The number of nitrogens with one attached hydrogen (secondary N) is 1. The summed E-state index contributed by atoms with van der Waals surface area (Å²) in [4.78, 5) is 28.6. The molecule has 3 aromatic heterocycles. The summed E-state index contributed by atoms with van der Waals surface area (Å²) in [5.41, 5.74) is 3.77. The zero-order valence-electron chi connectivity index (χ0n) is 20.3. The van der Waals surface area contributed by atoms with Gasteiger partial charge in [0.1, 0.15) is 35.0 Å². The van der Waals surface area contributed by atoms with Gasteiger partial charge in [-0.15, -0.1) is 0 Å². The van der Waals surface area contributed by atoms with E-state index in [2.05, 4.69) is 24.7 Å². The Morgan fingerprint density at radius 1 is 0.974 bits per heavy atom. The summed E-state index contributed by atoms with van der Waals surface area (Å²) in [7, 11) is 0. The molecule has 2 aromatic carbocycles. The van der Waals surface area contributed by atoms with Gasteiger partial charge in [-0.25, -0.2) is 18.7 Å². The molecule has 0 spiro atoms. The van der Waals surface area contributed by atoms with Gasteiger partial charge in [0.15, 0.2) is 5.82 Å². The summed E-state index contributed by atoms with van der Waals surface area (Å²) >= 11 is 0. The highest BCUT2D eigenvalue weighted by molar-refractivity contribution is 5.98. The number of H-pyrrole nitrogens is 1. The second kappa shape index (κ2) is 8.83. The largest absolute Gasteiger partial charge is 0.331 e. The molecule has 10 heteroatoms. The number of carbonyl (C=O) groups excluding carboxylic acids is 1. The molecule has 1 fully saturated rings. The SMILES string of the molecule is O=C1c2ccc(F)cc2CN1[C@H]1CCC[C@@H](n2c(-c3ccccc3F)nc3cnc(-c4ncn[nH]4)cc32)C1. The molecule has 8 nitrogen and oxygen atoms in total. The quantitative estimate of drug-likeness (QED) is 0.353. The Labute approximate surface area is 216 Å². The normalized spacial score (nSPS) is 19.3. The molecule has 0 radical (unpaired) electrons. The van der Waals surface area contributed by atoms with Gasteiger partial charge in [-0.05, 0) is 67.6 Å². The minimum Gasteiger partial charge on any atom is -0.331 e. The minimum atomic E-state index is -0.355. The molecule has 2 atom stereocenters. The van der Waals surface area contributed by atoms with E-state index in [4.69, 9.17) is 4.98 Å². The van der Waals surface area contributed by atoms with Gasteiger partial charge in [0, 0.05) is 24.2 Å². The van der Waals surface area contributed by atoms with Gasteiger partial charge in [-0.2, -0.15) is 5.10 Å². The standard InChI is InChI=1S/C28H23F2N7O/c29-17-8-9-20-16(10-17)14-36(28(20)38)18-4-3-5-19(11-18)37-25-12-23(26-32-15-33-35-26)31-13-24(25)34-27(37)21-6-1-2-7-22(21)30/h1-2,6-10,12-13,15,18-19H,3-5,11,14H2,(H,32,33,35)/t18-,19+/m0/s1. The van der Waals surface area contributed by atoms with E-state index in [1.165, 1.54) is 24.5 Å². The zero-order chi connectivity index (χ0) is 25.8. The number of fused-ring (bicyclic) bond motifs is 2. The number of imidazole rings is 1. The van der Waals surface area contributed by atoms with Crippen molar-refractivity contribution in [2.24, 2.45) is 0 Å². The number of halogens is 2. The Morgan fingerprint density at radius 2 is 1.84 bits per heavy atom. The third-order valence-electron chi connectivity index (χ3n) is 7.67. The monoisotopic (exact) mass is 511 g/mol. The number of hydrogen-bond donors (Lipinski definition) is 1. The molecule has 0 unspecified atom stereocenters. The summed E-state index contributed by atoms with van der Waals surface area (Å²) in [6.45, 7) is 0.397. The first kappa shape index (κ1) is 22.7. The van der Waals surface area contributed by atoms with Crippen LogP contribution in [-0.2, 0) is 6.54 Å². The van der Waals surface area contributed by atoms with Gasteiger partial charge in [0.05, 0.1) is 17.3 Å².